The minimum atomic E-state index is -2.54. The van der Waals surface area contributed by atoms with Gasteiger partial charge in [0.25, 0.3) is 5.60 Å². The predicted molar refractivity (Wildman–Crippen MR) is 155 cm³/mol. The lowest BCUT2D eigenvalue weighted by atomic mass is 9.93. The van der Waals surface area contributed by atoms with Gasteiger partial charge in [-0.2, -0.15) is 5.10 Å². The Morgan fingerprint density at radius 3 is 2.38 bits per heavy atom. The van der Waals surface area contributed by atoms with Crippen molar-refractivity contribution in [1.29, 1.82) is 0 Å². The van der Waals surface area contributed by atoms with Crippen LogP contribution in [0.15, 0.2) is 89.4 Å². The fourth-order valence-corrected chi connectivity index (χ4v) is 5.20. The fourth-order valence-electron chi connectivity index (χ4n) is 4.78. The van der Waals surface area contributed by atoms with E-state index >= 15 is 0 Å². The van der Waals surface area contributed by atoms with E-state index in [0.717, 1.165) is 11.1 Å². The number of nitrogens with one attached hydrogen (secondary N) is 1. The summed E-state index contributed by atoms with van der Waals surface area (Å²) in [5.74, 6) is -3.76. The first-order valence-corrected chi connectivity index (χ1v) is 13.5. The van der Waals surface area contributed by atoms with Gasteiger partial charge in [-0.1, -0.05) is 75.7 Å². The molecule has 10 nitrogen and oxygen atoms in total. The number of carbonyl (C=O) groups is 2. The summed E-state index contributed by atoms with van der Waals surface area (Å²) < 4.78 is 22.0. The second-order valence-corrected chi connectivity index (χ2v) is 10.5. The lowest BCUT2D eigenvalue weighted by Gasteiger charge is -2.25. The summed E-state index contributed by atoms with van der Waals surface area (Å²) in [6.45, 7) is -0.360. The number of carboxylic acids is 2. The standard InChI is InChI=1S/C30H21BrFN5O5/c31-20-12-23(32)27-26(13-20)37(36-35-27)21-10-11-22-24(14-21)33-34-25(22)16-42-30(28(38)39,29(40)41)15-17-6-8-19(9-7-17)18-4-2-1-3-5-18/h1-14H,15-16H2,(H,33,34)(H,38,39)(H,40,41). The van der Waals surface area contributed by atoms with E-state index in [9.17, 15) is 24.2 Å². The van der Waals surface area contributed by atoms with E-state index in [1.54, 1.807) is 36.4 Å². The SMILES string of the molecule is O=C(O)C(Cc1ccc(-c2ccccc2)cc1)(OCc1[nH]nc2cc(-n3nnc4c(F)cc(Br)cc43)ccc12)C(=O)O. The van der Waals surface area contributed by atoms with Gasteiger partial charge in [0.1, 0.15) is 5.52 Å². The zero-order valence-corrected chi connectivity index (χ0v) is 23.2. The number of aromatic amines is 1. The number of hydrogen-bond acceptors (Lipinski definition) is 6. The van der Waals surface area contributed by atoms with E-state index in [1.165, 1.54) is 10.7 Å². The third kappa shape index (κ3) is 4.91. The highest BCUT2D eigenvalue weighted by Crippen LogP contribution is 2.28. The Morgan fingerprint density at radius 1 is 0.952 bits per heavy atom. The summed E-state index contributed by atoms with van der Waals surface area (Å²) >= 11 is 3.28. The molecule has 12 heteroatoms. The lowest BCUT2D eigenvalue weighted by molar-refractivity contribution is -0.185. The Labute approximate surface area is 245 Å². The van der Waals surface area contributed by atoms with E-state index in [0.29, 0.717) is 37.8 Å². The minimum absolute atomic E-state index is 0.114. The van der Waals surface area contributed by atoms with Crippen LogP contribution in [0.3, 0.4) is 0 Å². The summed E-state index contributed by atoms with van der Waals surface area (Å²) in [4.78, 5) is 24.7. The van der Waals surface area contributed by atoms with Gasteiger partial charge in [-0.3, -0.25) is 5.10 Å². The van der Waals surface area contributed by atoms with Crippen molar-refractivity contribution in [3.05, 3.63) is 106 Å². The zero-order valence-electron chi connectivity index (χ0n) is 21.7. The Hall–Kier alpha value is -4.94. The normalized spacial score (nSPS) is 11.8. The van der Waals surface area contributed by atoms with Crippen molar-refractivity contribution in [3.63, 3.8) is 0 Å². The molecule has 0 aliphatic carbocycles. The Kier molecular flexibility index (Phi) is 7.01. The molecular weight excluding hydrogens is 609 g/mol. The van der Waals surface area contributed by atoms with Crippen molar-refractivity contribution in [3.8, 4) is 16.8 Å². The number of aromatic nitrogens is 5. The highest BCUT2D eigenvalue weighted by atomic mass is 79.9. The average molecular weight is 630 g/mol. The summed E-state index contributed by atoms with van der Waals surface area (Å²) in [5, 5.41) is 35.7. The molecule has 0 unspecified atom stereocenters. The molecule has 0 saturated carbocycles. The number of carboxylic acid groups (broad SMARTS) is 2. The molecule has 210 valence electrons. The second-order valence-electron chi connectivity index (χ2n) is 9.63. The molecule has 3 N–H and O–H groups in total. The van der Waals surface area contributed by atoms with E-state index < -0.39 is 29.8 Å². The molecule has 6 aromatic rings. The fraction of sp³-hybridized carbons (Fsp3) is 0.100. The Bertz CT molecular complexity index is 1940. The zero-order chi connectivity index (χ0) is 29.4. The van der Waals surface area contributed by atoms with Gasteiger partial charge in [0, 0.05) is 16.3 Å². The molecule has 42 heavy (non-hydrogen) atoms. The molecule has 0 saturated heterocycles. The predicted octanol–water partition coefficient (Wildman–Crippen LogP) is 5.53. The van der Waals surface area contributed by atoms with Gasteiger partial charge in [-0.25, -0.2) is 18.7 Å². The topological polar surface area (TPSA) is 143 Å². The van der Waals surface area contributed by atoms with Gasteiger partial charge in [-0.15, -0.1) is 5.10 Å². The van der Waals surface area contributed by atoms with Gasteiger partial charge in [0.15, 0.2) is 5.82 Å². The van der Waals surface area contributed by atoms with Crippen molar-refractivity contribution in [2.45, 2.75) is 18.6 Å². The van der Waals surface area contributed by atoms with Gasteiger partial charge in [-0.05, 0) is 47.0 Å². The molecule has 0 aliphatic rings. The van der Waals surface area contributed by atoms with Gasteiger partial charge in [0.05, 0.1) is 29.0 Å². The monoisotopic (exact) mass is 629 g/mol. The summed E-state index contributed by atoms with van der Waals surface area (Å²) in [5.41, 5.74) is 1.84. The van der Waals surface area contributed by atoms with Crippen LogP contribution in [-0.4, -0.2) is 52.9 Å². The van der Waals surface area contributed by atoms with Gasteiger partial charge in [0.2, 0.25) is 0 Å². The van der Waals surface area contributed by atoms with Crippen LogP contribution in [0.5, 0.6) is 0 Å². The molecular formula is C30H21BrFN5O5. The summed E-state index contributed by atoms with van der Waals surface area (Å²) in [6.07, 6.45) is -0.394. The van der Waals surface area contributed by atoms with Crippen LogP contribution in [-0.2, 0) is 27.4 Å². The smallest absolute Gasteiger partial charge is 0.348 e. The molecule has 2 heterocycles. The number of fused-ring (bicyclic) bond motifs is 2. The minimum Gasteiger partial charge on any atom is -0.479 e. The van der Waals surface area contributed by atoms with Crippen molar-refractivity contribution < 1.29 is 28.9 Å². The molecule has 2 aromatic heterocycles. The van der Waals surface area contributed by atoms with Crippen molar-refractivity contribution in [2.24, 2.45) is 0 Å². The molecule has 0 amide bonds. The van der Waals surface area contributed by atoms with Crippen LogP contribution < -0.4 is 0 Å². The number of aliphatic carboxylic acids is 2. The quantitative estimate of drug-likeness (QED) is 0.177. The molecule has 4 aromatic carbocycles. The number of rotatable bonds is 9. The second kappa shape index (κ2) is 10.8. The first-order valence-electron chi connectivity index (χ1n) is 12.7. The third-order valence-electron chi connectivity index (χ3n) is 7.00. The average Bonchev–Trinajstić information content (AvgIpc) is 3.59. The molecule has 0 spiro atoms. The van der Waals surface area contributed by atoms with Crippen molar-refractivity contribution >= 4 is 49.8 Å². The number of H-pyrrole nitrogens is 1. The highest BCUT2D eigenvalue weighted by molar-refractivity contribution is 9.10. The van der Waals surface area contributed by atoms with Gasteiger partial charge < -0.3 is 14.9 Å². The van der Waals surface area contributed by atoms with Crippen LogP contribution in [0.2, 0.25) is 0 Å². The number of halogens is 2. The number of hydrogen-bond donors (Lipinski definition) is 3. The van der Waals surface area contributed by atoms with Gasteiger partial charge >= 0.3 is 11.9 Å². The maximum Gasteiger partial charge on any atom is 0.348 e. The molecule has 0 radical (unpaired) electrons. The molecule has 6 rings (SSSR count). The van der Waals surface area contributed by atoms with Crippen molar-refractivity contribution in [1.82, 2.24) is 25.2 Å². The summed E-state index contributed by atoms with van der Waals surface area (Å²) in [7, 11) is 0. The Morgan fingerprint density at radius 2 is 1.67 bits per heavy atom. The van der Waals surface area contributed by atoms with E-state index in [4.69, 9.17) is 4.74 Å². The number of ether oxygens (including phenoxy) is 1. The highest BCUT2D eigenvalue weighted by Gasteiger charge is 2.48. The third-order valence-corrected chi connectivity index (χ3v) is 7.46. The molecule has 0 fully saturated rings. The van der Waals surface area contributed by atoms with Crippen molar-refractivity contribution in [2.75, 3.05) is 0 Å². The van der Waals surface area contributed by atoms with E-state index in [1.807, 2.05) is 42.5 Å². The first-order chi connectivity index (χ1) is 20.2. The largest absolute Gasteiger partial charge is 0.479 e. The first kappa shape index (κ1) is 27.2. The summed E-state index contributed by atoms with van der Waals surface area (Å²) in [6, 6.07) is 24.7. The Balaban J connectivity index is 1.26. The number of benzene rings is 4. The van der Waals surface area contributed by atoms with E-state index in [2.05, 4.69) is 36.4 Å². The maximum atomic E-state index is 14.3. The molecule has 0 aliphatic heterocycles. The van der Waals surface area contributed by atoms with Crippen LogP contribution in [0, 0.1) is 5.82 Å². The molecule has 0 bridgehead atoms. The van der Waals surface area contributed by atoms with Crippen LogP contribution >= 0.6 is 15.9 Å². The number of nitrogens with zero attached hydrogens (tertiary/aromatic N) is 4. The van der Waals surface area contributed by atoms with Crippen LogP contribution in [0.25, 0.3) is 38.8 Å². The maximum absolute atomic E-state index is 14.3. The van der Waals surface area contributed by atoms with Crippen LogP contribution in [0.4, 0.5) is 4.39 Å². The lowest BCUT2D eigenvalue weighted by Crippen LogP contribution is -2.51. The van der Waals surface area contributed by atoms with E-state index in [-0.39, 0.29) is 12.1 Å². The van der Waals surface area contributed by atoms with Crippen LogP contribution in [0.1, 0.15) is 11.3 Å². The molecule has 0 atom stereocenters.